The molecule has 158 valence electrons. The first-order chi connectivity index (χ1) is 13.9. The molecule has 1 aliphatic heterocycles. The van der Waals surface area contributed by atoms with Crippen molar-refractivity contribution in [1.29, 1.82) is 0 Å². The lowest BCUT2D eigenvalue weighted by molar-refractivity contribution is -0.137. The third kappa shape index (κ3) is 5.63. The molecule has 0 amide bonds. The van der Waals surface area contributed by atoms with Crippen molar-refractivity contribution in [2.75, 3.05) is 39.9 Å². The Morgan fingerprint density at radius 3 is 2.93 bits per heavy atom. The van der Waals surface area contributed by atoms with Gasteiger partial charge in [0.2, 0.25) is 0 Å². The summed E-state index contributed by atoms with van der Waals surface area (Å²) in [5.74, 6) is 0.870. The summed E-state index contributed by atoms with van der Waals surface area (Å²) >= 11 is 0. The molecular formula is C19H24F3N5O2. The number of rotatable bonds is 5. The van der Waals surface area contributed by atoms with E-state index in [0.29, 0.717) is 32.2 Å². The normalized spacial score (nSPS) is 18.0. The Balaban J connectivity index is 1.49. The van der Waals surface area contributed by atoms with Crippen molar-refractivity contribution in [3.05, 3.63) is 47.8 Å². The predicted molar refractivity (Wildman–Crippen MR) is 102 cm³/mol. The molecule has 2 aromatic rings. The zero-order valence-corrected chi connectivity index (χ0v) is 16.3. The average molecular weight is 411 g/mol. The van der Waals surface area contributed by atoms with Gasteiger partial charge in [-0.3, -0.25) is 9.67 Å². The summed E-state index contributed by atoms with van der Waals surface area (Å²) in [4.78, 5) is 6.36. The molecule has 2 heterocycles. The monoisotopic (exact) mass is 411 g/mol. The van der Waals surface area contributed by atoms with Crippen LogP contribution in [0.15, 0.2) is 41.7 Å². The predicted octanol–water partition coefficient (Wildman–Crippen LogP) is 2.47. The van der Waals surface area contributed by atoms with Crippen molar-refractivity contribution in [2.24, 2.45) is 12.0 Å². The Morgan fingerprint density at radius 1 is 1.41 bits per heavy atom. The number of guanidine groups is 1. The molecule has 1 saturated heterocycles. The first kappa shape index (κ1) is 21.0. The van der Waals surface area contributed by atoms with E-state index in [1.807, 2.05) is 13.2 Å². The van der Waals surface area contributed by atoms with E-state index in [-0.39, 0.29) is 18.5 Å². The van der Waals surface area contributed by atoms with Gasteiger partial charge in [0, 0.05) is 32.4 Å². The van der Waals surface area contributed by atoms with Gasteiger partial charge in [0.1, 0.15) is 18.5 Å². The topological polar surface area (TPSA) is 63.9 Å². The third-order valence-corrected chi connectivity index (χ3v) is 4.49. The van der Waals surface area contributed by atoms with E-state index in [0.717, 1.165) is 17.7 Å². The van der Waals surface area contributed by atoms with E-state index >= 15 is 0 Å². The average Bonchev–Trinajstić information content (AvgIpc) is 3.14. The van der Waals surface area contributed by atoms with E-state index in [2.05, 4.69) is 20.3 Å². The molecule has 0 saturated carbocycles. The Bertz CT molecular complexity index is 837. The van der Waals surface area contributed by atoms with E-state index < -0.39 is 11.7 Å². The molecule has 7 nitrogen and oxygen atoms in total. The van der Waals surface area contributed by atoms with Crippen molar-refractivity contribution in [3.63, 3.8) is 0 Å². The van der Waals surface area contributed by atoms with Crippen LogP contribution in [0.1, 0.15) is 17.2 Å². The van der Waals surface area contributed by atoms with Gasteiger partial charge in [-0.2, -0.15) is 18.3 Å². The number of nitrogens with zero attached hydrogens (tertiary/aromatic N) is 4. The summed E-state index contributed by atoms with van der Waals surface area (Å²) in [5.41, 5.74) is 0.272. The van der Waals surface area contributed by atoms with Crippen LogP contribution in [0, 0.1) is 0 Å². The molecule has 1 aromatic carbocycles. The van der Waals surface area contributed by atoms with Crippen molar-refractivity contribution in [1.82, 2.24) is 20.0 Å². The van der Waals surface area contributed by atoms with Crippen LogP contribution >= 0.6 is 0 Å². The zero-order chi connectivity index (χ0) is 20.9. The van der Waals surface area contributed by atoms with Gasteiger partial charge in [-0.05, 0) is 18.2 Å². The molecule has 29 heavy (non-hydrogen) atoms. The maximum Gasteiger partial charge on any atom is 0.416 e. The van der Waals surface area contributed by atoms with Crippen LogP contribution in [0.5, 0.6) is 5.75 Å². The number of halogens is 3. The molecule has 1 aromatic heterocycles. The van der Waals surface area contributed by atoms with Crippen LogP contribution in [0.4, 0.5) is 13.2 Å². The Hall–Kier alpha value is -2.75. The van der Waals surface area contributed by atoms with Crippen LogP contribution in [-0.4, -0.2) is 60.5 Å². The van der Waals surface area contributed by atoms with Crippen LogP contribution in [0.2, 0.25) is 0 Å². The fourth-order valence-electron chi connectivity index (χ4n) is 3.08. The minimum absolute atomic E-state index is 0.0997. The fraction of sp³-hybridized carbons (Fsp3) is 0.474. The number of benzene rings is 1. The lowest BCUT2D eigenvalue weighted by Crippen LogP contribution is -2.48. The number of alkyl halides is 3. The van der Waals surface area contributed by atoms with Gasteiger partial charge in [0.15, 0.2) is 5.96 Å². The number of aromatic nitrogens is 2. The Labute approximate surface area is 167 Å². The first-order valence-electron chi connectivity index (χ1n) is 9.22. The molecule has 3 rings (SSSR count). The highest BCUT2D eigenvalue weighted by Gasteiger charge is 2.30. The summed E-state index contributed by atoms with van der Waals surface area (Å²) < 4.78 is 51.3. The fourth-order valence-corrected chi connectivity index (χ4v) is 3.08. The van der Waals surface area contributed by atoms with E-state index in [1.54, 1.807) is 17.9 Å². The smallest absolute Gasteiger partial charge is 0.416 e. The number of hydrogen-bond donors (Lipinski definition) is 1. The molecule has 0 aliphatic carbocycles. The van der Waals surface area contributed by atoms with Crippen LogP contribution in [0.25, 0.3) is 0 Å². The van der Waals surface area contributed by atoms with Gasteiger partial charge in [0.05, 0.1) is 31.5 Å². The molecule has 1 unspecified atom stereocenters. The number of aliphatic imine (C=N–C) groups is 1. The maximum absolute atomic E-state index is 12.8. The molecule has 0 bridgehead atoms. The second-order valence-electron chi connectivity index (χ2n) is 6.60. The Kier molecular flexibility index (Phi) is 6.63. The highest BCUT2D eigenvalue weighted by molar-refractivity contribution is 5.80. The number of aryl methyl sites for hydroxylation is 1. The van der Waals surface area contributed by atoms with Gasteiger partial charge in [-0.25, -0.2) is 0 Å². The van der Waals surface area contributed by atoms with E-state index in [9.17, 15) is 13.2 Å². The molecule has 0 spiro atoms. The second kappa shape index (κ2) is 9.17. The lowest BCUT2D eigenvalue weighted by atomic mass is 10.1. The van der Waals surface area contributed by atoms with E-state index in [1.165, 1.54) is 12.1 Å². The quantitative estimate of drug-likeness (QED) is 0.465. The summed E-state index contributed by atoms with van der Waals surface area (Å²) in [6.45, 7) is 2.47. The molecule has 10 heteroatoms. The van der Waals surface area contributed by atoms with Crippen molar-refractivity contribution in [2.45, 2.75) is 12.3 Å². The maximum atomic E-state index is 12.8. The van der Waals surface area contributed by atoms with Gasteiger partial charge in [-0.1, -0.05) is 6.07 Å². The van der Waals surface area contributed by atoms with Crippen molar-refractivity contribution in [3.8, 4) is 5.75 Å². The van der Waals surface area contributed by atoms with Crippen molar-refractivity contribution >= 4 is 5.96 Å². The number of ether oxygens (including phenoxy) is 2. The van der Waals surface area contributed by atoms with E-state index in [4.69, 9.17) is 9.47 Å². The largest absolute Gasteiger partial charge is 0.492 e. The minimum Gasteiger partial charge on any atom is -0.492 e. The summed E-state index contributed by atoms with van der Waals surface area (Å²) in [6.07, 6.45) is -0.779. The highest BCUT2D eigenvalue weighted by atomic mass is 19.4. The van der Waals surface area contributed by atoms with Gasteiger partial charge in [-0.15, -0.1) is 0 Å². The first-order valence-corrected chi connectivity index (χ1v) is 9.22. The minimum atomic E-state index is -4.39. The van der Waals surface area contributed by atoms with Crippen LogP contribution < -0.4 is 10.1 Å². The van der Waals surface area contributed by atoms with Gasteiger partial charge < -0.3 is 19.7 Å². The van der Waals surface area contributed by atoms with Gasteiger partial charge in [0.25, 0.3) is 0 Å². The number of morpholine rings is 1. The third-order valence-electron chi connectivity index (χ3n) is 4.49. The number of hydrogen-bond acceptors (Lipinski definition) is 4. The summed E-state index contributed by atoms with van der Waals surface area (Å²) in [5, 5.41) is 7.36. The summed E-state index contributed by atoms with van der Waals surface area (Å²) in [6, 6.07) is 4.85. The Morgan fingerprint density at radius 2 is 2.24 bits per heavy atom. The number of nitrogens with one attached hydrogen (secondary N) is 1. The van der Waals surface area contributed by atoms with Crippen LogP contribution in [-0.2, 0) is 18.0 Å². The van der Waals surface area contributed by atoms with Crippen molar-refractivity contribution < 1.29 is 22.6 Å². The molecular weight excluding hydrogens is 387 g/mol. The van der Waals surface area contributed by atoms with Crippen LogP contribution in [0.3, 0.4) is 0 Å². The van der Waals surface area contributed by atoms with Gasteiger partial charge >= 0.3 is 6.18 Å². The molecule has 1 aliphatic rings. The molecule has 0 radical (unpaired) electrons. The SMILES string of the molecule is CN=C(NCCOc1cccc(C(F)(F)F)c1)N1CCOC(c2cnn(C)c2)C1. The highest BCUT2D eigenvalue weighted by Crippen LogP contribution is 2.31. The summed E-state index contributed by atoms with van der Waals surface area (Å²) in [7, 11) is 3.54. The molecule has 1 fully saturated rings. The zero-order valence-electron chi connectivity index (χ0n) is 16.3. The molecule has 1 N–H and O–H groups in total. The lowest BCUT2D eigenvalue weighted by Gasteiger charge is -2.34. The second-order valence-corrected chi connectivity index (χ2v) is 6.60. The molecule has 1 atom stereocenters. The standard InChI is InChI=1S/C19H24F3N5O2/c1-23-18(27-7-9-29-17(13-27)14-11-25-26(2)12-14)24-6-8-28-16-5-3-4-15(10-16)19(20,21)22/h3-5,10-12,17H,6-9,13H2,1-2H3,(H,23,24).